The zero-order chi connectivity index (χ0) is 8.01. The number of piperidine rings is 1. The molecule has 1 amide bonds. The summed E-state index contributed by atoms with van der Waals surface area (Å²) in [5, 5.41) is 8.99. The predicted octanol–water partition coefficient (Wildman–Crippen LogP) is -0.155. The predicted molar refractivity (Wildman–Crippen MR) is 39.9 cm³/mol. The van der Waals surface area contributed by atoms with Crippen LogP contribution in [0.25, 0.3) is 0 Å². The first-order valence-corrected chi connectivity index (χ1v) is 4.12. The van der Waals surface area contributed by atoms with Crippen LogP contribution in [0.1, 0.15) is 13.3 Å². The van der Waals surface area contributed by atoms with E-state index in [-0.39, 0.29) is 18.6 Å². The van der Waals surface area contributed by atoms with Crippen LogP contribution in [0.15, 0.2) is 0 Å². The number of nitrogens with zero attached hydrogens (tertiary/aromatic N) is 1. The summed E-state index contributed by atoms with van der Waals surface area (Å²) in [6, 6.07) is 0.137. The number of hydrogen-bond acceptors (Lipinski definition) is 2. The minimum absolute atomic E-state index is 0.108. The Kier molecular flexibility index (Phi) is 1.42. The Hall–Kier alpha value is -0.570. The van der Waals surface area contributed by atoms with Crippen molar-refractivity contribution in [3.8, 4) is 0 Å². The highest BCUT2D eigenvalue weighted by atomic mass is 16.3. The molecule has 3 atom stereocenters. The average molecular weight is 155 g/mol. The molecule has 0 aromatic rings. The van der Waals surface area contributed by atoms with Gasteiger partial charge in [-0.05, 0) is 18.3 Å². The molecular formula is C8H13NO2. The summed E-state index contributed by atoms with van der Waals surface area (Å²) in [6.07, 6.45) is 1.22. The molecule has 0 bridgehead atoms. The second kappa shape index (κ2) is 2.21. The van der Waals surface area contributed by atoms with E-state index >= 15 is 0 Å². The Morgan fingerprint density at radius 3 is 2.91 bits per heavy atom. The molecule has 0 unspecified atom stereocenters. The van der Waals surface area contributed by atoms with E-state index in [2.05, 4.69) is 0 Å². The second-order valence-corrected chi connectivity index (χ2v) is 3.58. The maximum atomic E-state index is 11.0. The van der Waals surface area contributed by atoms with Crippen LogP contribution in [0.3, 0.4) is 0 Å². The van der Waals surface area contributed by atoms with Crippen LogP contribution in [0.4, 0.5) is 0 Å². The normalized spacial score (nSPS) is 40.5. The van der Waals surface area contributed by atoms with Gasteiger partial charge >= 0.3 is 0 Å². The molecule has 1 N–H and O–H groups in total. The average Bonchev–Trinajstić information content (AvgIpc) is 2.63. The van der Waals surface area contributed by atoms with Gasteiger partial charge in [-0.2, -0.15) is 0 Å². The molecule has 62 valence electrons. The Bertz CT molecular complexity index is 193. The fourth-order valence-corrected chi connectivity index (χ4v) is 2.17. The highest BCUT2D eigenvalue weighted by molar-refractivity contribution is 5.74. The van der Waals surface area contributed by atoms with Crippen LogP contribution in [0.2, 0.25) is 0 Å². The number of carbonyl (C=O) groups is 1. The van der Waals surface area contributed by atoms with Crippen LogP contribution in [0, 0.1) is 11.8 Å². The molecule has 2 aliphatic rings. The van der Waals surface area contributed by atoms with E-state index in [1.54, 1.807) is 11.8 Å². The largest absolute Gasteiger partial charge is 0.394 e. The van der Waals surface area contributed by atoms with E-state index in [0.717, 1.165) is 6.54 Å². The Labute approximate surface area is 66.0 Å². The molecule has 1 aliphatic carbocycles. The number of amides is 1. The lowest BCUT2D eigenvalue weighted by Gasteiger charge is -2.24. The standard InChI is InChI=1S/C8H13NO2/c1-5(11)9-3-6-2-7(6)8(9)4-10/h6-8,10H,2-4H2,1H3/t6-,7-,8+/m0/s1. The smallest absolute Gasteiger partial charge is 0.219 e. The van der Waals surface area contributed by atoms with Crippen LogP contribution >= 0.6 is 0 Å². The van der Waals surface area contributed by atoms with Gasteiger partial charge in [-0.3, -0.25) is 4.79 Å². The van der Waals surface area contributed by atoms with E-state index in [0.29, 0.717) is 11.8 Å². The van der Waals surface area contributed by atoms with Crippen molar-refractivity contribution < 1.29 is 9.90 Å². The van der Waals surface area contributed by atoms with Gasteiger partial charge in [0.1, 0.15) is 0 Å². The monoisotopic (exact) mass is 155 g/mol. The first-order chi connectivity index (χ1) is 5.24. The van der Waals surface area contributed by atoms with Gasteiger partial charge in [-0.25, -0.2) is 0 Å². The molecule has 1 saturated carbocycles. The molecule has 0 aromatic heterocycles. The maximum absolute atomic E-state index is 11.0. The van der Waals surface area contributed by atoms with Crippen molar-refractivity contribution in [1.29, 1.82) is 0 Å². The van der Waals surface area contributed by atoms with Crippen LogP contribution in [-0.2, 0) is 4.79 Å². The Morgan fingerprint density at radius 2 is 2.45 bits per heavy atom. The van der Waals surface area contributed by atoms with Crippen LogP contribution in [0.5, 0.6) is 0 Å². The number of aliphatic hydroxyl groups is 1. The minimum Gasteiger partial charge on any atom is -0.394 e. The third kappa shape index (κ3) is 0.948. The fraction of sp³-hybridized carbons (Fsp3) is 0.875. The molecular weight excluding hydrogens is 142 g/mol. The molecule has 0 radical (unpaired) electrons. The van der Waals surface area contributed by atoms with Crippen molar-refractivity contribution in [2.24, 2.45) is 11.8 Å². The van der Waals surface area contributed by atoms with Crippen molar-refractivity contribution in [1.82, 2.24) is 4.90 Å². The third-order valence-electron chi connectivity index (χ3n) is 2.89. The summed E-state index contributed by atoms with van der Waals surface area (Å²) in [5.41, 5.74) is 0. The number of aliphatic hydroxyl groups excluding tert-OH is 1. The first kappa shape index (κ1) is 7.10. The SMILES string of the molecule is CC(=O)N1C[C@@H]2C[C@@H]2[C@H]1CO. The van der Waals surface area contributed by atoms with Gasteiger partial charge in [0.25, 0.3) is 0 Å². The van der Waals surface area contributed by atoms with Gasteiger partial charge in [-0.15, -0.1) is 0 Å². The number of hydrogen-bond donors (Lipinski definition) is 1. The van der Waals surface area contributed by atoms with Gasteiger partial charge < -0.3 is 10.0 Å². The number of carbonyl (C=O) groups excluding carboxylic acids is 1. The molecule has 3 nitrogen and oxygen atoms in total. The van der Waals surface area contributed by atoms with Crippen molar-refractivity contribution in [3.05, 3.63) is 0 Å². The highest BCUT2D eigenvalue weighted by Gasteiger charge is 2.52. The van der Waals surface area contributed by atoms with Gasteiger partial charge in [0.2, 0.25) is 5.91 Å². The Morgan fingerprint density at radius 1 is 1.73 bits per heavy atom. The lowest BCUT2D eigenvalue weighted by Crippen LogP contribution is -2.39. The summed E-state index contributed by atoms with van der Waals surface area (Å²) in [6.45, 7) is 2.60. The fourth-order valence-electron chi connectivity index (χ4n) is 2.17. The second-order valence-electron chi connectivity index (χ2n) is 3.58. The van der Waals surface area contributed by atoms with E-state index in [9.17, 15) is 4.79 Å². The molecule has 1 aliphatic heterocycles. The molecule has 1 heterocycles. The molecule has 3 heteroatoms. The quantitative estimate of drug-likeness (QED) is 0.572. The molecule has 1 saturated heterocycles. The van der Waals surface area contributed by atoms with E-state index in [4.69, 9.17) is 5.11 Å². The van der Waals surface area contributed by atoms with Crippen molar-refractivity contribution >= 4 is 5.91 Å². The van der Waals surface area contributed by atoms with Crippen LogP contribution in [-0.4, -0.2) is 35.1 Å². The molecule has 2 rings (SSSR count). The van der Waals surface area contributed by atoms with Gasteiger partial charge in [0.15, 0.2) is 0 Å². The zero-order valence-corrected chi connectivity index (χ0v) is 6.66. The third-order valence-corrected chi connectivity index (χ3v) is 2.89. The molecule has 2 fully saturated rings. The maximum Gasteiger partial charge on any atom is 0.219 e. The van der Waals surface area contributed by atoms with Crippen molar-refractivity contribution in [2.75, 3.05) is 13.2 Å². The molecule has 0 spiro atoms. The zero-order valence-electron chi connectivity index (χ0n) is 6.66. The number of rotatable bonds is 1. The van der Waals surface area contributed by atoms with Crippen molar-refractivity contribution in [2.45, 2.75) is 19.4 Å². The summed E-state index contributed by atoms with van der Waals surface area (Å²) in [7, 11) is 0. The van der Waals surface area contributed by atoms with Crippen LogP contribution < -0.4 is 0 Å². The van der Waals surface area contributed by atoms with E-state index in [1.807, 2.05) is 0 Å². The first-order valence-electron chi connectivity index (χ1n) is 4.12. The minimum atomic E-state index is 0.108. The summed E-state index contributed by atoms with van der Waals surface area (Å²) in [4.78, 5) is 12.8. The number of fused-ring (bicyclic) bond motifs is 1. The van der Waals surface area contributed by atoms with Gasteiger partial charge in [0.05, 0.1) is 12.6 Å². The van der Waals surface area contributed by atoms with Gasteiger partial charge in [-0.1, -0.05) is 0 Å². The molecule has 11 heavy (non-hydrogen) atoms. The highest BCUT2D eigenvalue weighted by Crippen LogP contribution is 2.49. The summed E-state index contributed by atoms with van der Waals surface area (Å²) >= 11 is 0. The van der Waals surface area contributed by atoms with E-state index < -0.39 is 0 Å². The van der Waals surface area contributed by atoms with E-state index in [1.165, 1.54) is 6.42 Å². The summed E-state index contributed by atoms with van der Waals surface area (Å²) < 4.78 is 0. The summed E-state index contributed by atoms with van der Waals surface area (Å²) in [5.74, 6) is 1.43. The Balaban J connectivity index is 2.06. The number of likely N-dealkylation sites (tertiary alicyclic amines) is 1. The van der Waals surface area contributed by atoms with Gasteiger partial charge in [0, 0.05) is 13.5 Å². The lowest BCUT2D eigenvalue weighted by molar-refractivity contribution is -0.131. The van der Waals surface area contributed by atoms with Crippen molar-refractivity contribution in [3.63, 3.8) is 0 Å². The molecule has 0 aromatic carbocycles. The lowest BCUT2D eigenvalue weighted by atomic mass is 10.2. The topological polar surface area (TPSA) is 40.5 Å².